The molecule has 1 aliphatic heterocycles. The first-order chi connectivity index (χ1) is 14.2. The van der Waals surface area contributed by atoms with E-state index in [-0.39, 0.29) is 40.0 Å². The van der Waals surface area contributed by atoms with Crippen molar-refractivity contribution in [2.24, 2.45) is 5.92 Å². The maximum absolute atomic E-state index is 13.2. The molecule has 1 amide bonds. The molecule has 30 heavy (non-hydrogen) atoms. The van der Waals surface area contributed by atoms with Crippen LogP contribution in [-0.2, 0) is 14.8 Å². The molecule has 1 heterocycles. The van der Waals surface area contributed by atoms with Crippen molar-refractivity contribution >= 4 is 27.5 Å². The highest BCUT2D eigenvalue weighted by molar-refractivity contribution is 7.89. The summed E-state index contributed by atoms with van der Waals surface area (Å²) in [6.45, 7) is 2.19. The summed E-state index contributed by atoms with van der Waals surface area (Å²) in [4.78, 5) is 12.8. The minimum absolute atomic E-state index is 0.0155. The van der Waals surface area contributed by atoms with Gasteiger partial charge >= 0.3 is 0 Å². The lowest BCUT2D eigenvalue weighted by Gasteiger charge is -2.32. The van der Waals surface area contributed by atoms with Gasteiger partial charge in [0.05, 0.1) is 19.1 Å². The first kappa shape index (κ1) is 22.5. The Morgan fingerprint density at radius 3 is 2.63 bits per heavy atom. The van der Waals surface area contributed by atoms with Crippen molar-refractivity contribution < 1.29 is 22.3 Å². The zero-order valence-electron chi connectivity index (χ0n) is 16.8. The molecule has 0 bridgehead atoms. The van der Waals surface area contributed by atoms with Crippen LogP contribution < -0.4 is 10.1 Å². The van der Waals surface area contributed by atoms with Crippen LogP contribution in [0.1, 0.15) is 31.4 Å². The smallest absolute Gasteiger partial charge is 0.246 e. The molecule has 6 nitrogen and oxygen atoms in total. The van der Waals surface area contributed by atoms with Crippen molar-refractivity contribution in [3.05, 3.63) is 58.9 Å². The van der Waals surface area contributed by atoms with Gasteiger partial charge in [-0.25, -0.2) is 12.8 Å². The number of sulfonamides is 1. The maximum atomic E-state index is 13.2. The Morgan fingerprint density at radius 2 is 1.97 bits per heavy atom. The molecule has 0 radical (unpaired) electrons. The quantitative estimate of drug-likeness (QED) is 0.721. The van der Waals surface area contributed by atoms with Gasteiger partial charge in [-0.3, -0.25) is 4.79 Å². The van der Waals surface area contributed by atoms with Crippen LogP contribution >= 0.6 is 11.6 Å². The molecule has 2 aromatic rings. The van der Waals surface area contributed by atoms with Crippen molar-refractivity contribution in [1.29, 1.82) is 0 Å². The number of halogens is 2. The third-order valence-corrected chi connectivity index (χ3v) is 7.35. The fraction of sp³-hybridized carbons (Fsp3) is 0.381. The molecule has 3 rings (SSSR count). The molecule has 0 unspecified atom stereocenters. The van der Waals surface area contributed by atoms with E-state index in [9.17, 15) is 17.6 Å². The summed E-state index contributed by atoms with van der Waals surface area (Å²) in [6, 6.07) is 10.0. The number of ether oxygens (including phenoxy) is 1. The van der Waals surface area contributed by atoms with Crippen LogP contribution in [0.15, 0.2) is 47.4 Å². The summed E-state index contributed by atoms with van der Waals surface area (Å²) in [5.41, 5.74) is 0.772. The van der Waals surface area contributed by atoms with Crippen molar-refractivity contribution in [3.63, 3.8) is 0 Å². The Balaban J connectivity index is 1.73. The van der Waals surface area contributed by atoms with E-state index in [0.717, 1.165) is 5.56 Å². The number of rotatable bonds is 6. The molecule has 1 aliphatic rings. The number of carbonyl (C=O) groups is 1. The topological polar surface area (TPSA) is 75.7 Å². The van der Waals surface area contributed by atoms with Crippen LogP contribution in [0.4, 0.5) is 4.39 Å². The first-order valence-corrected chi connectivity index (χ1v) is 11.4. The van der Waals surface area contributed by atoms with Gasteiger partial charge in [-0.1, -0.05) is 23.7 Å². The molecule has 162 valence electrons. The number of carbonyl (C=O) groups excluding carboxylic acids is 1. The number of amides is 1. The molecule has 1 saturated heterocycles. The zero-order chi connectivity index (χ0) is 21.9. The second-order valence-corrected chi connectivity index (χ2v) is 9.62. The van der Waals surface area contributed by atoms with Gasteiger partial charge < -0.3 is 10.1 Å². The predicted octanol–water partition coefficient (Wildman–Crippen LogP) is 3.77. The predicted molar refractivity (Wildman–Crippen MR) is 112 cm³/mol. The van der Waals surface area contributed by atoms with Crippen LogP contribution in [0.25, 0.3) is 0 Å². The van der Waals surface area contributed by atoms with E-state index >= 15 is 0 Å². The Bertz CT molecular complexity index is 1010. The standard InChI is InChI=1S/C21H24ClFN2O4S/c1-14(15-5-8-18(23)9-6-15)24-21(26)16-4-3-11-25(13-16)30(27,28)20-12-17(22)7-10-19(20)29-2/h5-10,12,14,16H,3-4,11,13H2,1-2H3,(H,24,26)/t14-,16+/m1/s1. The van der Waals surface area contributed by atoms with Gasteiger partial charge in [-0.15, -0.1) is 0 Å². The van der Waals surface area contributed by atoms with Crippen molar-refractivity contribution in [2.45, 2.75) is 30.7 Å². The zero-order valence-corrected chi connectivity index (χ0v) is 18.3. The van der Waals surface area contributed by atoms with Gasteiger partial charge in [0, 0.05) is 18.1 Å². The summed E-state index contributed by atoms with van der Waals surface area (Å²) in [5.74, 6) is -0.857. The van der Waals surface area contributed by atoms with Crippen LogP contribution in [-0.4, -0.2) is 38.8 Å². The fourth-order valence-corrected chi connectivity index (χ4v) is 5.47. The molecule has 1 N–H and O–H groups in total. The lowest BCUT2D eigenvalue weighted by atomic mass is 9.98. The van der Waals surface area contributed by atoms with E-state index in [1.165, 1.54) is 35.7 Å². The van der Waals surface area contributed by atoms with Gasteiger partial charge in [0.15, 0.2) is 0 Å². The number of hydrogen-bond acceptors (Lipinski definition) is 4. The third-order valence-electron chi connectivity index (χ3n) is 5.23. The van der Waals surface area contributed by atoms with E-state index in [0.29, 0.717) is 19.4 Å². The van der Waals surface area contributed by atoms with Gasteiger partial charge in [0.25, 0.3) is 0 Å². The van der Waals surface area contributed by atoms with Crippen LogP contribution in [0.2, 0.25) is 5.02 Å². The van der Waals surface area contributed by atoms with Gasteiger partial charge in [-0.05, 0) is 55.7 Å². The Hall–Kier alpha value is -2.16. The SMILES string of the molecule is COc1ccc(Cl)cc1S(=O)(=O)N1CCC[C@H](C(=O)N[C@H](C)c2ccc(F)cc2)C1. The average Bonchev–Trinajstić information content (AvgIpc) is 2.74. The molecule has 0 saturated carbocycles. The second-order valence-electron chi connectivity index (χ2n) is 7.28. The summed E-state index contributed by atoms with van der Waals surface area (Å²) in [6.07, 6.45) is 1.14. The van der Waals surface area contributed by atoms with Crippen LogP contribution in [0.5, 0.6) is 5.75 Å². The molecule has 0 aromatic heterocycles. The van der Waals surface area contributed by atoms with Crippen LogP contribution in [0, 0.1) is 11.7 Å². The molecular formula is C21H24ClFN2O4S. The summed E-state index contributed by atoms with van der Waals surface area (Å²) in [7, 11) is -2.48. The average molecular weight is 455 g/mol. The minimum atomic E-state index is -3.88. The minimum Gasteiger partial charge on any atom is -0.495 e. The Morgan fingerprint density at radius 1 is 1.27 bits per heavy atom. The van der Waals surface area contributed by atoms with E-state index in [4.69, 9.17) is 16.3 Å². The highest BCUT2D eigenvalue weighted by atomic mass is 35.5. The monoisotopic (exact) mass is 454 g/mol. The number of benzene rings is 2. The molecule has 2 aromatic carbocycles. The van der Waals surface area contributed by atoms with E-state index in [1.54, 1.807) is 25.1 Å². The maximum Gasteiger partial charge on any atom is 0.246 e. The number of piperidine rings is 1. The van der Waals surface area contributed by atoms with E-state index in [1.807, 2.05) is 0 Å². The summed E-state index contributed by atoms with van der Waals surface area (Å²) >= 11 is 6.00. The lowest BCUT2D eigenvalue weighted by Crippen LogP contribution is -2.45. The molecule has 1 fully saturated rings. The molecule has 0 spiro atoms. The Labute approximate surface area is 181 Å². The largest absolute Gasteiger partial charge is 0.495 e. The van der Waals surface area contributed by atoms with Crippen LogP contribution in [0.3, 0.4) is 0 Å². The number of nitrogens with one attached hydrogen (secondary N) is 1. The number of hydrogen-bond donors (Lipinski definition) is 1. The molecule has 0 aliphatic carbocycles. The van der Waals surface area contributed by atoms with Gasteiger partial charge in [0.2, 0.25) is 15.9 Å². The van der Waals surface area contributed by atoms with Crippen molar-refractivity contribution in [2.75, 3.05) is 20.2 Å². The normalized spacial score (nSPS) is 18.6. The van der Waals surface area contributed by atoms with Crippen molar-refractivity contribution in [3.8, 4) is 5.75 Å². The molecular weight excluding hydrogens is 431 g/mol. The summed E-state index contributed by atoms with van der Waals surface area (Å²) < 4.78 is 46.0. The second kappa shape index (κ2) is 9.32. The Kier molecular flexibility index (Phi) is 7.00. The molecule has 2 atom stereocenters. The lowest BCUT2D eigenvalue weighted by molar-refractivity contribution is -0.126. The molecule has 9 heteroatoms. The third kappa shape index (κ3) is 4.94. The highest BCUT2D eigenvalue weighted by Crippen LogP contribution is 2.32. The number of nitrogens with zero attached hydrogens (tertiary/aromatic N) is 1. The van der Waals surface area contributed by atoms with Gasteiger partial charge in [-0.2, -0.15) is 4.31 Å². The van der Waals surface area contributed by atoms with E-state index < -0.39 is 15.9 Å². The summed E-state index contributed by atoms with van der Waals surface area (Å²) in [5, 5.41) is 3.19. The van der Waals surface area contributed by atoms with Crippen molar-refractivity contribution in [1.82, 2.24) is 9.62 Å². The number of methoxy groups -OCH3 is 1. The van der Waals surface area contributed by atoms with E-state index in [2.05, 4.69) is 5.32 Å². The first-order valence-electron chi connectivity index (χ1n) is 9.62. The fourth-order valence-electron chi connectivity index (χ4n) is 3.53. The highest BCUT2D eigenvalue weighted by Gasteiger charge is 2.35. The van der Waals surface area contributed by atoms with Gasteiger partial charge in [0.1, 0.15) is 16.5 Å².